The maximum atomic E-state index is 12.4. The van der Waals surface area contributed by atoms with Gasteiger partial charge in [0.15, 0.2) is 0 Å². The van der Waals surface area contributed by atoms with Crippen molar-refractivity contribution in [3.05, 3.63) is 60.2 Å². The van der Waals surface area contributed by atoms with Gasteiger partial charge in [-0.1, -0.05) is 30.3 Å². The van der Waals surface area contributed by atoms with E-state index < -0.39 is 0 Å². The van der Waals surface area contributed by atoms with Crippen LogP contribution in [0.2, 0.25) is 0 Å². The topological polar surface area (TPSA) is 47.6 Å². The van der Waals surface area contributed by atoms with Gasteiger partial charge in [0.2, 0.25) is 0 Å². The van der Waals surface area contributed by atoms with Gasteiger partial charge in [-0.3, -0.25) is 4.79 Å². The molecule has 0 unspecified atom stereocenters. The predicted octanol–water partition coefficient (Wildman–Crippen LogP) is 3.39. The lowest BCUT2D eigenvalue weighted by Gasteiger charge is -2.13. The summed E-state index contributed by atoms with van der Waals surface area (Å²) >= 11 is 0. The molecule has 0 aromatic heterocycles. The number of rotatable bonds is 5. The molecule has 0 radical (unpaired) electrons. The number of nitrogens with one attached hydrogen (secondary N) is 1. The summed E-state index contributed by atoms with van der Waals surface area (Å²) < 4.78 is 11.3. The smallest absolute Gasteiger partial charge is 0.255 e. The maximum absolute atomic E-state index is 12.4. The van der Waals surface area contributed by atoms with Gasteiger partial charge < -0.3 is 14.8 Å². The van der Waals surface area contributed by atoms with E-state index in [2.05, 4.69) is 5.32 Å². The van der Waals surface area contributed by atoms with Gasteiger partial charge in [0.1, 0.15) is 11.5 Å². The largest absolute Gasteiger partial charge is 0.457 e. The molecule has 22 heavy (non-hydrogen) atoms. The lowest BCUT2D eigenvalue weighted by molar-refractivity contribution is 0.0856. The molecule has 1 heterocycles. The number of ether oxygens (including phenoxy) is 2. The molecule has 1 N–H and O–H groups in total. The predicted molar refractivity (Wildman–Crippen MR) is 84.3 cm³/mol. The Balaban J connectivity index is 1.68. The average molecular weight is 297 g/mol. The molecule has 2 aromatic carbocycles. The second-order valence-electron chi connectivity index (χ2n) is 5.26. The molecule has 0 saturated carbocycles. The Kier molecular flexibility index (Phi) is 4.71. The van der Waals surface area contributed by atoms with Gasteiger partial charge in [0, 0.05) is 13.2 Å². The minimum absolute atomic E-state index is 0.131. The Morgan fingerprint density at radius 1 is 1.14 bits per heavy atom. The van der Waals surface area contributed by atoms with Crippen molar-refractivity contribution in [2.24, 2.45) is 0 Å². The minimum Gasteiger partial charge on any atom is -0.457 e. The molecule has 1 amide bonds. The van der Waals surface area contributed by atoms with Crippen molar-refractivity contribution in [2.75, 3.05) is 13.2 Å². The van der Waals surface area contributed by atoms with Gasteiger partial charge in [-0.2, -0.15) is 0 Å². The van der Waals surface area contributed by atoms with Crippen LogP contribution in [0.4, 0.5) is 0 Å². The monoisotopic (exact) mass is 297 g/mol. The van der Waals surface area contributed by atoms with Gasteiger partial charge in [0.05, 0.1) is 11.7 Å². The third-order valence-corrected chi connectivity index (χ3v) is 3.62. The highest BCUT2D eigenvalue weighted by molar-refractivity contribution is 5.97. The van der Waals surface area contributed by atoms with Crippen LogP contribution in [-0.4, -0.2) is 25.2 Å². The van der Waals surface area contributed by atoms with Crippen LogP contribution in [0.5, 0.6) is 11.5 Å². The Morgan fingerprint density at radius 3 is 2.68 bits per heavy atom. The Bertz CT molecular complexity index is 621. The lowest BCUT2D eigenvalue weighted by atomic mass is 10.1. The van der Waals surface area contributed by atoms with Crippen molar-refractivity contribution in [3.8, 4) is 11.5 Å². The number of benzene rings is 2. The first-order valence-electron chi connectivity index (χ1n) is 7.54. The molecule has 0 aliphatic carbocycles. The molecule has 0 spiro atoms. The minimum atomic E-state index is -0.137. The summed E-state index contributed by atoms with van der Waals surface area (Å²) in [4.78, 5) is 12.4. The van der Waals surface area contributed by atoms with Crippen molar-refractivity contribution in [3.63, 3.8) is 0 Å². The quantitative estimate of drug-likeness (QED) is 0.920. The summed E-state index contributed by atoms with van der Waals surface area (Å²) in [6, 6.07) is 16.7. The van der Waals surface area contributed by atoms with E-state index in [0.717, 1.165) is 19.4 Å². The molecular weight excluding hydrogens is 278 g/mol. The molecule has 3 rings (SSSR count). The Morgan fingerprint density at radius 2 is 1.91 bits per heavy atom. The van der Waals surface area contributed by atoms with Crippen molar-refractivity contribution >= 4 is 5.91 Å². The zero-order valence-electron chi connectivity index (χ0n) is 12.3. The summed E-state index contributed by atoms with van der Waals surface area (Å²) in [5.41, 5.74) is 0.532. The van der Waals surface area contributed by atoms with Crippen molar-refractivity contribution in [2.45, 2.75) is 18.9 Å². The number of amides is 1. The molecule has 1 aliphatic rings. The van der Waals surface area contributed by atoms with E-state index in [1.54, 1.807) is 12.1 Å². The first-order chi connectivity index (χ1) is 10.8. The van der Waals surface area contributed by atoms with Crippen molar-refractivity contribution in [1.29, 1.82) is 0 Å². The van der Waals surface area contributed by atoms with E-state index in [1.807, 2.05) is 42.5 Å². The summed E-state index contributed by atoms with van der Waals surface area (Å²) in [7, 11) is 0. The third kappa shape index (κ3) is 3.65. The fourth-order valence-corrected chi connectivity index (χ4v) is 2.47. The number of para-hydroxylation sites is 2. The Hall–Kier alpha value is -2.33. The lowest BCUT2D eigenvalue weighted by Crippen LogP contribution is -2.31. The highest BCUT2D eigenvalue weighted by atomic mass is 16.5. The van der Waals surface area contributed by atoms with Crippen molar-refractivity contribution < 1.29 is 14.3 Å². The van der Waals surface area contributed by atoms with Gasteiger partial charge in [-0.15, -0.1) is 0 Å². The SMILES string of the molecule is O=C(NC[C@@H]1CCCO1)c1ccccc1Oc1ccccc1. The van der Waals surface area contributed by atoms with Crippen LogP contribution in [0.25, 0.3) is 0 Å². The van der Waals surface area contributed by atoms with E-state index in [1.165, 1.54) is 0 Å². The van der Waals surface area contributed by atoms with Crippen LogP contribution in [0.1, 0.15) is 23.2 Å². The third-order valence-electron chi connectivity index (χ3n) is 3.62. The van der Waals surface area contributed by atoms with E-state index in [0.29, 0.717) is 23.6 Å². The van der Waals surface area contributed by atoms with Crippen LogP contribution >= 0.6 is 0 Å². The standard InChI is InChI=1S/C18H19NO3/c20-18(19-13-15-9-6-12-21-15)16-10-4-5-11-17(16)22-14-7-2-1-3-8-14/h1-5,7-8,10-11,15H,6,9,12-13H2,(H,19,20)/t15-/m0/s1. The maximum Gasteiger partial charge on any atom is 0.255 e. The van der Waals surface area contributed by atoms with Crippen molar-refractivity contribution in [1.82, 2.24) is 5.32 Å². The Labute approximate surface area is 130 Å². The molecule has 2 aromatic rings. The number of carbonyl (C=O) groups is 1. The van der Waals surface area contributed by atoms with Crippen LogP contribution in [0.15, 0.2) is 54.6 Å². The summed E-state index contributed by atoms with van der Waals surface area (Å²) in [5.74, 6) is 1.13. The molecule has 0 bridgehead atoms. The van der Waals surface area contributed by atoms with E-state index in [-0.39, 0.29) is 12.0 Å². The second kappa shape index (κ2) is 7.09. The van der Waals surface area contributed by atoms with Crippen LogP contribution in [0, 0.1) is 0 Å². The number of carbonyl (C=O) groups excluding carboxylic acids is 1. The second-order valence-corrected chi connectivity index (χ2v) is 5.26. The fourth-order valence-electron chi connectivity index (χ4n) is 2.47. The molecular formula is C18H19NO3. The van der Waals surface area contributed by atoms with E-state index in [4.69, 9.17) is 9.47 Å². The van der Waals surface area contributed by atoms with Crippen LogP contribution < -0.4 is 10.1 Å². The molecule has 4 heteroatoms. The number of hydrogen-bond acceptors (Lipinski definition) is 3. The first-order valence-corrected chi connectivity index (χ1v) is 7.54. The normalized spacial score (nSPS) is 17.2. The highest BCUT2D eigenvalue weighted by Crippen LogP contribution is 2.25. The highest BCUT2D eigenvalue weighted by Gasteiger charge is 2.18. The number of hydrogen-bond donors (Lipinski definition) is 1. The summed E-state index contributed by atoms with van der Waals surface area (Å²) in [6.45, 7) is 1.33. The zero-order valence-corrected chi connectivity index (χ0v) is 12.3. The molecule has 1 aliphatic heterocycles. The fraction of sp³-hybridized carbons (Fsp3) is 0.278. The van der Waals surface area contributed by atoms with Gasteiger partial charge in [0.25, 0.3) is 5.91 Å². The summed E-state index contributed by atoms with van der Waals surface area (Å²) in [5, 5.41) is 2.92. The zero-order chi connectivity index (χ0) is 15.2. The first kappa shape index (κ1) is 14.6. The van der Waals surface area contributed by atoms with E-state index in [9.17, 15) is 4.79 Å². The van der Waals surface area contributed by atoms with Gasteiger partial charge >= 0.3 is 0 Å². The van der Waals surface area contributed by atoms with Gasteiger partial charge in [-0.25, -0.2) is 0 Å². The molecule has 1 fully saturated rings. The van der Waals surface area contributed by atoms with Crippen LogP contribution in [0.3, 0.4) is 0 Å². The molecule has 1 saturated heterocycles. The van der Waals surface area contributed by atoms with E-state index >= 15 is 0 Å². The molecule has 114 valence electrons. The molecule has 1 atom stereocenters. The van der Waals surface area contributed by atoms with Gasteiger partial charge in [-0.05, 0) is 37.1 Å². The van der Waals surface area contributed by atoms with Crippen LogP contribution in [-0.2, 0) is 4.74 Å². The summed E-state index contributed by atoms with van der Waals surface area (Å²) in [6.07, 6.45) is 2.20. The average Bonchev–Trinajstić information content (AvgIpc) is 3.08. The molecule has 4 nitrogen and oxygen atoms in total.